The van der Waals surface area contributed by atoms with E-state index in [0.29, 0.717) is 17.9 Å². The van der Waals surface area contributed by atoms with E-state index >= 15 is 0 Å². The van der Waals surface area contributed by atoms with Crippen molar-refractivity contribution in [1.29, 1.82) is 0 Å². The van der Waals surface area contributed by atoms with E-state index in [1.165, 1.54) is 13.0 Å². The Labute approximate surface area is 205 Å². The van der Waals surface area contributed by atoms with Gasteiger partial charge in [0.05, 0.1) is 4.90 Å². The van der Waals surface area contributed by atoms with Crippen LogP contribution in [0, 0.1) is 6.92 Å². The summed E-state index contributed by atoms with van der Waals surface area (Å²) in [5.41, 5.74) is 3.25. The van der Waals surface area contributed by atoms with Gasteiger partial charge in [-0.2, -0.15) is 4.72 Å². The number of hydrogen-bond acceptors (Lipinski definition) is 5. The van der Waals surface area contributed by atoms with Gasteiger partial charge < -0.3 is 10.2 Å². The number of rotatable bonds is 7. The fourth-order valence-corrected chi connectivity index (χ4v) is 5.55. The summed E-state index contributed by atoms with van der Waals surface area (Å²) in [6, 6.07) is 16.3. The Kier molecular flexibility index (Phi) is 7.00. The summed E-state index contributed by atoms with van der Waals surface area (Å²) in [5, 5.41) is 2.71. The molecule has 0 fully saturated rings. The molecular formula is C26H28N4O4S. The van der Waals surface area contributed by atoms with Crippen LogP contribution in [0.25, 0.3) is 0 Å². The monoisotopic (exact) mass is 492 g/mol. The Balaban J connectivity index is 1.60. The van der Waals surface area contributed by atoms with Crippen molar-refractivity contribution in [1.82, 2.24) is 9.71 Å². The number of aryl methyl sites for hydroxylation is 1. The summed E-state index contributed by atoms with van der Waals surface area (Å²) in [7, 11) is -4.04. The first-order chi connectivity index (χ1) is 16.6. The molecule has 2 atom stereocenters. The number of amides is 2. The second kappa shape index (κ2) is 9.97. The zero-order valence-electron chi connectivity index (χ0n) is 19.9. The molecule has 3 aromatic rings. The standard InChI is InChI=1S/C26H28N4O4S/c1-17-9-12-25(27-16-17)28-26(32)23(14-20-7-5-4-6-8-20)29-35(33,34)22-10-11-24-21(15-22)13-18(2)30(24)19(3)31/h4-12,15-16,18,23,29H,13-14H2,1-3H3,(H,27,28,32)/t18-,23+/m0/s1. The van der Waals surface area contributed by atoms with E-state index < -0.39 is 22.0 Å². The molecule has 0 aliphatic carbocycles. The van der Waals surface area contributed by atoms with Crippen LogP contribution in [0.4, 0.5) is 11.5 Å². The first-order valence-corrected chi connectivity index (χ1v) is 12.8. The summed E-state index contributed by atoms with van der Waals surface area (Å²) in [4.78, 5) is 31.1. The van der Waals surface area contributed by atoms with Gasteiger partial charge in [-0.25, -0.2) is 13.4 Å². The van der Waals surface area contributed by atoms with Crippen LogP contribution in [-0.2, 0) is 32.5 Å². The Morgan fingerprint density at radius 2 is 1.86 bits per heavy atom. The van der Waals surface area contributed by atoms with E-state index in [1.807, 2.05) is 50.2 Å². The van der Waals surface area contributed by atoms with Gasteiger partial charge in [-0.05, 0) is 67.6 Å². The van der Waals surface area contributed by atoms with Gasteiger partial charge in [0, 0.05) is 24.8 Å². The minimum absolute atomic E-state index is 0.0490. The number of pyridine rings is 1. The Morgan fingerprint density at radius 3 is 2.51 bits per heavy atom. The Hall–Kier alpha value is -3.56. The van der Waals surface area contributed by atoms with Crippen molar-refractivity contribution < 1.29 is 18.0 Å². The lowest BCUT2D eigenvalue weighted by Gasteiger charge is -2.21. The lowest BCUT2D eigenvalue weighted by Crippen LogP contribution is -2.45. The number of hydrogen-bond donors (Lipinski definition) is 2. The third-order valence-electron chi connectivity index (χ3n) is 5.98. The summed E-state index contributed by atoms with van der Waals surface area (Å²) in [6.45, 7) is 5.30. The van der Waals surface area contributed by atoms with E-state index in [2.05, 4.69) is 15.0 Å². The van der Waals surface area contributed by atoms with Gasteiger partial charge in [0.15, 0.2) is 0 Å². The fourth-order valence-electron chi connectivity index (χ4n) is 4.30. The molecule has 1 aliphatic heterocycles. The van der Waals surface area contributed by atoms with Gasteiger partial charge in [-0.15, -0.1) is 0 Å². The van der Waals surface area contributed by atoms with E-state index in [0.717, 1.165) is 16.7 Å². The highest BCUT2D eigenvalue weighted by atomic mass is 32.2. The van der Waals surface area contributed by atoms with Gasteiger partial charge in [-0.3, -0.25) is 9.59 Å². The summed E-state index contributed by atoms with van der Waals surface area (Å²) in [6.07, 6.45) is 2.35. The predicted molar refractivity (Wildman–Crippen MR) is 135 cm³/mol. The molecule has 2 aromatic carbocycles. The van der Waals surface area contributed by atoms with E-state index in [9.17, 15) is 18.0 Å². The second-order valence-electron chi connectivity index (χ2n) is 8.81. The molecule has 1 aromatic heterocycles. The largest absolute Gasteiger partial charge is 0.309 e. The van der Waals surface area contributed by atoms with Gasteiger partial charge >= 0.3 is 0 Å². The van der Waals surface area contributed by atoms with Crippen molar-refractivity contribution in [3.05, 3.63) is 83.6 Å². The average molecular weight is 493 g/mol. The van der Waals surface area contributed by atoms with Crippen LogP contribution in [0.5, 0.6) is 0 Å². The van der Waals surface area contributed by atoms with Crippen LogP contribution in [0.3, 0.4) is 0 Å². The quantitative estimate of drug-likeness (QED) is 0.527. The van der Waals surface area contributed by atoms with Gasteiger partial charge in [-0.1, -0.05) is 36.4 Å². The molecule has 2 heterocycles. The molecule has 2 amide bonds. The minimum Gasteiger partial charge on any atom is -0.309 e. The number of sulfonamides is 1. The number of anilines is 2. The van der Waals surface area contributed by atoms with Crippen LogP contribution in [0.1, 0.15) is 30.5 Å². The molecule has 35 heavy (non-hydrogen) atoms. The van der Waals surface area contributed by atoms with Crippen LogP contribution in [0.15, 0.2) is 71.8 Å². The molecule has 0 bridgehead atoms. The van der Waals surface area contributed by atoms with Gasteiger partial charge in [0.1, 0.15) is 11.9 Å². The molecule has 1 aliphatic rings. The predicted octanol–water partition coefficient (Wildman–Crippen LogP) is 3.22. The highest BCUT2D eigenvalue weighted by molar-refractivity contribution is 7.89. The first-order valence-electron chi connectivity index (χ1n) is 11.4. The zero-order chi connectivity index (χ0) is 25.2. The number of nitrogens with zero attached hydrogens (tertiary/aromatic N) is 2. The molecule has 2 N–H and O–H groups in total. The van der Waals surface area contributed by atoms with Crippen LogP contribution in [0.2, 0.25) is 0 Å². The summed E-state index contributed by atoms with van der Waals surface area (Å²) >= 11 is 0. The maximum absolute atomic E-state index is 13.3. The molecule has 8 nitrogen and oxygen atoms in total. The second-order valence-corrected chi connectivity index (χ2v) is 10.5. The minimum atomic E-state index is -4.04. The number of carbonyl (C=O) groups excluding carboxylic acids is 2. The lowest BCUT2D eigenvalue weighted by atomic mass is 10.1. The topological polar surface area (TPSA) is 108 Å². The molecule has 9 heteroatoms. The van der Waals surface area contributed by atoms with Crippen molar-refractivity contribution in [3.63, 3.8) is 0 Å². The van der Waals surface area contributed by atoms with Crippen molar-refractivity contribution in [2.45, 2.75) is 50.6 Å². The molecule has 0 spiro atoms. The third kappa shape index (κ3) is 5.58. The Bertz CT molecular complexity index is 1340. The molecule has 0 saturated carbocycles. The zero-order valence-corrected chi connectivity index (χ0v) is 20.7. The number of aromatic nitrogens is 1. The summed E-state index contributed by atoms with van der Waals surface area (Å²) in [5.74, 6) is -0.255. The molecule has 182 valence electrons. The van der Waals surface area contributed by atoms with E-state index in [4.69, 9.17) is 0 Å². The molecule has 4 rings (SSSR count). The van der Waals surface area contributed by atoms with Crippen molar-refractivity contribution in [2.24, 2.45) is 0 Å². The number of nitrogens with one attached hydrogen (secondary N) is 2. The molecule has 0 saturated heterocycles. The van der Waals surface area contributed by atoms with Crippen LogP contribution in [-0.4, -0.2) is 37.3 Å². The van der Waals surface area contributed by atoms with Crippen molar-refractivity contribution in [3.8, 4) is 0 Å². The lowest BCUT2D eigenvalue weighted by molar-refractivity contribution is -0.118. The van der Waals surface area contributed by atoms with Gasteiger partial charge in [0.2, 0.25) is 21.8 Å². The maximum atomic E-state index is 13.3. The van der Waals surface area contributed by atoms with Crippen LogP contribution >= 0.6 is 0 Å². The molecule has 0 unspecified atom stereocenters. The summed E-state index contributed by atoms with van der Waals surface area (Å²) < 4.78 is 29.3. The molecular weight excluding hydrogens is 464 g/mol. The van der Waals surface area contributed by atoms with E-state index in [1.54, 1.807) is 29.3 Å². The van der Waals surface area contributed by atoms with Gasteiger partial charge in [0.25, 0.3) is 0 Å². The first kappa shape index (κ1) is 24.6. The highest BCUT2D eigenvalue weighted by Gasteiger charge is 2.32. The van der Waals surface area contributed by atoms with Crippen LogP contribution < -0.4 is 14.9 Å². The molecule has 0 radical (unpaired) electrons. The Morgan fingerprint density at radius 1 is 1.11 bits per heavy atom. The van der Waals surface area contributed by atoms with Crippen molar-refractivity contribution in [2.75, 3.05) is 10.2 Å². The number of fused-ring (bicyclic) bond motifs is 1. The third-order valence-corrected chi connectivity index (χ3v) is 7.44. The SMILES string of the molecule is CC(=O)N1c2ccc(S(=O)(=O)N[C@H](Cc3ccccc3)C(=O)Nc3ccc(C)cn3)cc2C[C@@H]1C. The smallest absolute Gasteiger partial charge is 0.244 e. The maximum Gasteiger partial charge on any atom is 0.244 e. The van der Waals surface area contributed by atoms with E-state index in [-0.39, 0.29) is 23.3 Å². The fraction of sp³-hybridized carbons (Fsp3) is 0.269. The average Bonchev–Trinajstić information content (AvgIpc) is 3.15. The number of benzene rings is 2. The normalized spacial score (nSPS) is 16.0. The number of carbonyl (C=O) groups is 2. The van der Waals surface area contributed by atoms with Crippen molar-refractivity contribution >= 4 is 33.3 Å². The highest BCUT2D eigenvalue weighted by Crippen LogP contribution is 2.34.